The molecule has 33 heavy (non-hydrogen) atoms. The van der Waals surface area contributed by atoms with E-state index in [0.29, 0.717) is 35.8 Å². The molecule has 2 aromatic heterocycles. The first kappa shape index (κ1) is 22.4. The summed E-state index contributed by atoms with van der Waals surface area (Å²) >= 11 is 6.31. The maximum atomic E-state index is 11.9. The van der Waals surface area contributed by atoms with Gasteiger partial charge in [0.25, 0.3) is 0 Å². The number of hydrogen-bond donors (Lipinski definition) is 2. The first-order chi connectivity index (χ1) is 16.1. The van der Waals surface area contributed by atoms with Crippen molar-refractivity contribution in [3.63, 3.8) is 0 Å². The van der Waals surface area contributed by atoms with Crippen LogP contribution in [0, 0.1) is 0 Å². The summed E-state index contributed by atoms with van der Waals surface area (Å²) in [5, 5.41) is 11.6. The van der Waals surface area contributed by atoms with Crippen LogP contribution in [0.4, 0.5) is 17.5 Å². The van der Waals surface area contributed by atoms with Gasteiger partial charge >= 0.3 is 0 Å². The maximum Gasteiger partial charge on any atom is 0.229 e. The molecule has 9 nitrogen and oxygen atoms in total. The van der Waals surface area contributed by atoms with E-state index in [9.17, 15) is 4.79 Å². The fourth-order valence-corrected chi connectivity index (χ4v) is 5.09. The molecular formula is C23H33ClN8O. The Morgan fingerprint density at radius 3 is 2.70 bits per heavy atom. The van der Waals surface area contributed by atoms with Crippen LogP contribution in [0.25, 0.3) is 0 Å². The van der Waals surface area contributed by atoms with E-state index in [2.05, 4.69) is 42.2 Å². The fourth-order valence-electron chi connectivity index (χ4n) is 4.93. The van der Waals surface area contributed by atoms with Crippen molar-refractivity contribution in [2.45, 2.75) is 70.0 Å². The molecule has 3 aliphatic rings. The molecule has 5 rings (SSSR count). The second kappa shape index (κ2) is 9.85. The van der Waals surface area contributed by atoms with Gasteiger partial charge in [-0.2, -0.15) is 10.1 Å². The second-order valence-electron chi connectivity index (χ2n) is 9.48. The highest BCUT2D eigenvalue weighted by molar-refractivity contribution is 6.32. The molecule has 0 aromatic carbocycles. The van der Waals surface area contributed by atoms with Gasteiger partial charge in [-0.05, 0) is 45.4 Å². The minimum absolute atomic E-state index is 0.202. The van der Waals surface area contributed by atoms with E-state index in [0.717, 1.165) is 57.0 Å². The molecule has 0 bridgehead atoms. The third kappa shape index (κ3) is 5.41. The van der Waals surface area contributed by atoms with E-state index in [1.54, 1.807) is 6.20 Å². The number of likely N-dealkylation sites (tertiary alicyclic amines) is 2. The van der Waals surface area contributed by atoms with E-state index in [-0.39, 0.29) is 11.9 Å². The number of amides is 1. The number of nitrogens with zero attached hydrogens (tertiary/aromatic N) is 6. The van der Waals surface area contributed by atoms with Crippen molar-refractivity contribution in [1.29, 1.82) is 0 Å². The average Bonchev–Trinajstić information content (AvgIpc) is 3.42. The Hall–Kier alpha value is -2.39. The zero-order valence-corrected chi connectivity index (χ0v) is 20.0. The van der Waals surface area contributed by atoms with E-state index >= 15 is 0 Å². The second-order valence-corrected chi connectivity index (χ2v) is 9.88. The predicted molar refractivity (Wildman–Crippen MR) is 129 cm³/mol. The van der Waals surface area contributed by atoms with Gasteiger partial charge in [-0.1, -0.05) is 11.6 Å². The van der Waals surface area contributed by atoms with Crippen LogP contribution in [0.1, 0.15) is 57.9 Å². The van der Waals surface area contributed by atoms with Crippen LogP contribution in [0.15, 0.2) is 18.6 Å². The van der Waals surface area contributed by atoms with Crippen molar-refractivity contribution >= 4 is 35.0 Å². The van der Waals surface area contributed by atoms with Gasteiger partial charge in [-0.15, -0.1) is 0 Å². The Bertz CT molecular complexity index is 969. The highest BCUT2D eigenvalue weighted by Crippen LogP contribution is 2.32. The normalized spacial score (nSPS) is 20.9. The van der Waals surface area contributed by atoms with Gasteiger partial charge in [0.15, 0.2) is 0 Å². The zero-order chi connectivity index (χ0) is 22.8. The van der Waals surface area contributed by atoms with Crippen LogP contribution >= 0.6 is 11.6 Å². The van der Waals surface area contributed by atoms with Gasteiger partial charge in [0.1, 0.15) is 10.8 Å². The molecule has 1 atom stereocenters. The summed E-state index contributed by atoms with van der Waals surface area (Å²) in [7, 11) is 0. The summed E-state index contributed by atoms with van der Waals surface area (Å²) in [6.45, 7) is 5.96. The summed E-state index contributed by atoms with van der Waals surface area (Å²) in [6, 6.07) is 1.49. The highest BCUT2D eigenvalue weighted by Gasteiger charge is 2.32. The lowest BCUT2D eigenvalue weighted by atomic mass is 10.1. The minimum Gasteiger partial charge on any atom is -0.369 e. The maximum absolute atomic E-state index is 11.9. The lowest BCUT2D eigenvalue weighted by Gasteiger charge is -2.31. The molecular weight excluding hydrogens is 440 g/mol. The summed E-state index contributed by atoms with van der Waals surface area (Å²) in [5.74, 6) is 1.32. The summed E-state index contributed by atoms with van der Waals surface area (Å²) in [5.41, 5.74) is 0.870. The smallest absolute Gasteiger partial charge is 0.229 e. The van der Waals surface area contributed by atoms with Crippen molar-refractivity contribution < 1.29 is 4.79 Å². The molecule has 10 heteroatoms. The number of halogens is 1. The van der Waals surface area contributed by atoms with E-state index in [1.165, 1.54) is 12.8 Å². The van der Waals surface area contributed by atoms with Gasteiger partial charge in [0.05, 0.1) is 24.1 Å². The van der Waals surface area contributed by atoms with Crippen LogP contribution in [-0.2, 0) is 4.79 Å². The standard InChI is InChI=1S/C23H33ClN8O/c1-16(31-10-2-3-21(31)33)6-9-25-22-20(24)14-26-23(29-22)28-17-13-27-32(15-17)19-7-11-30(12-8-19)18-4-5-18/h13-16,18-19H,2-12H2,1H3,(H2,25,26,28,29). The van der Waals surface area contributed by atoms with Crippen molar-refractivity contribution in [3.05, 3.63) is 23.6 Å². The molecule has 178 valence electrons. The van der Waals surface area contributed by atoms with Crippen LogP contribution in [0.5, 0.6) is 0 Å². The Kier molecular flexibility index (Phi) is 6.69. The molecule has 2 N–H and O–H groups in total. The minimum atomic E-state index is 0.202. The van der Waals surface area contributed by atoms with Crippen molar-refractivity contribution in [2.75, 3.05) is 36.8 Å². The highest BCUT2D eigenvalue weighted by atomic mass is 35.5. The Morgan fingerprint density at radius 2 is 1.97 bits per heavy atom. The quantitative estimate of drug-likeness (QED) is 0.575. The molecule has 1 amide bonds. The lowest BCUT2D eigenvalue weighted by molar-refractivity contribution is -0.129. The van der Waals surface area contributed by atoms with Gasteiger partial charge in [-0.3, -0.25) is 9.48 Å². The Labute approximate surface area is 199 Å². The van der Waals surface area contributed by atoms with Gasteiger partial charge in [-0.25, -0.2) is 4.98 Å². The van der Waals surface area contributed by atoms with Crippen molar-refractivity contribution in [1.82, 2.24) is 29.5 Å². The molecule has 4 heterocycles. The third-order valence-corrected chi connectivity index (χ3v) is 7.31. The predicted octanol–water partition coefficient (Wildman–Crippen LogP) is 3.68. The van der Waals surface area contributed by atoms with Gasteiger partial charge in [0, 0.05) is 50.9 Å². The average molecular weight is 473 g/mol. The zero-order valence-electron chi connectivity index (χ0n) is 19.2. The fraction of sp³-hybridized carbons (Fsp3) is 0.652. The Balaban J connectivity index is 1.14. The lowest BCUT2D eigenvalue weighted by Crippen LogP contribution is -2.36. The molecule has 1 unspecified atom stereocenters. The van der Waals surface area contributed by atoms with Gasteiger partial charge in [0.2, 0.25) is 11.9 Å². The van der Waals surface area contributed by atoms with Crippen molar-refractivity contribution in [3.8, 4) is 0 Å². The molecule has 3 fully saturated rings. The monoisotopic (exact) mass is 472 g/mol. The van der Waals surface area contributed by atoms with Crippen LogP contribution in [-0.4, -0.2) is 73.7 Å². The largest absolute Gasteiger partial charge is 0.369 e. The topological polar surface area (TPSA) is 91.2 Å². The molecule has 2 aliphatic heterocycles. The molecule has 0 radical (unpaired) electrons. The number of aromatic nitrogens is 4. The number of piperidine rings is 1. The number of nitrogens with one attached hydrogen (secondary N) is 2. The molecule has 1 aliphatic carbocycles. The number of carbonyl (C=O) groups excluding carboxylic acids is 1. The SMILES string of the molecule is CC(CCNc1nc(Nc2cnn(C3CCN(C4CC4)CC3)c2)ncc1Cl)N1CCCC1=O. The molecule has 0 spiro atoms. The Morgan fingerprint density at radius 1 is 1.15 bits per heavy atom. The number of rotatable bonds is 9. The summed E-state index contributed by atoms with van der Waals surface area (Å²) in [6.07, 6.45) is 13.0. The number of carbonyl (C=O) groups is 1. The summed E-state index contributed by atoms with van der Waals surface area (Å²) < 4.78 is 2.07. The molecule has 2 aromatic rings. The number of hydrogen-bond acceptors (Lipinski definition) is 7. The third-order valence-electron chi connectivity index (χ3n) is 7.03. The molecule has 2 saturated heterocycles. The van der Waals surface area contributed by atoms with Crippen molar-refractivity contribution in [2.24, 2.45) is 0 Å². The van der Waals surface area contributed by atoms with E-state index < -0.39 is 0 Å². The van der Waals surface area contributed by atoms with Crippen LogP contribution < -0.4 is 10.6 Å². The first-order valence-corrected chi connectivity index (χ1v) is 12.6. The van der Waals surface area contributed by atoms with Crippen LogP contribution in [0.3, 0.4) is 0 Å². The first-order valence-electron chi connectivity index (χ1n) is 12.2. The van der Waals surface area contributed by atoms with Gasteiger partial charge < -0.3 is 20.4 Å². The van der Waals surface area contributed by atoms with E-state index in [4.69, 9.17) is 11.6 Å². The summed E-state index contributed by atoms with van der Waals surface area (Å²) in [4.78, 5) is 25.4. The molecule has 1 saturated carbocycles. The van der Waals surface area contributed by atoms with E-state index in [1.807, 2.05) is 17.3 Å². The number of anilines is 3. The van der Waals surface area contributed by atoms with Crippen LogP contribution in [0.2, 0.25) is 5.02 Å².